The van der Waals surface area contributed by atoms with E-state index in [1.165, 1.54) is 44.9 Å². The maximum atomic E-state index is 10.1. The fraction of sp³-hybridized carbons (Fsp3) is 0.920. The van der Waals surface area contributed by atoms with Crippen LogP contribution in [0, 0.1) is 40.9 Å². The summed E-state index contributed by atoms with van der Waals surface area (Å²) in [5, 5.41) is 10.1. The number of aliphatic hydroxyl groups is 1. The predicted octanol–water partition coefficient (Wildman–Crippen LogP) is 5.69. The van der Waals surface area contributed by atoms with Crippen molar-refractivity contribution >= 4 is 0 Å². The van der Waals surface area contributed by atoms with Gasteiger partial charge in [-0.3, -0.25) is 0 Å². The Morgan fingerprint density at radius 3 is 2.70 bits per heavy atom. The van der Waals surface area contributed by atoms with E-state index in [1.807, 2.05) is 0 Å². The Morgan fingerprint density at radius 1 is 1.19 bits per heavy atom. The molecule has 0 aliphatic heterocycles. The SMILES string of the molecule is C[C@H](CCC(C)(C)N)[C@H]1CC[C@H]2[C@@H]3CC=C4C[C@@H](O)CC[C@@H]4[C@H]3CC[C@]12C. The summed E-state index contributed by atoms with van der Waals surface area (Å²) in [6.45, 7) is 9.52. The molecule has 27 heavy (non-hydrogen) atoms. The van der Waals surface area contributed by atoms with Gasteiger partial charge < -0.3 is 10.8 Å². The third kappa shape index (κ3) is 3.66. The molecule has 0 aromatic carbocycles. The number of fused-ring (bicyclic) bond motifs is 5. The minimum Gasteiger partial charge on any atom is -0.393 e. The van der Waals surface area contributed by atoms with Crippen LogP contribution in [-0.4, -0.2) is 16.7 Å². The molecule has 0 heterocycles. The minimum atomic E-state index is -0.0681. The molecule has 3 fully saturated rings. The fourth-order valence-electron chi connectivity index (χ4n) is 8.03. The molecule has 0 radical (unpaired) electrons. The molecule has 0 spiro atoms. The summed E-state index contributed by atoms with van der Waals surface area (Å²) >= 11 is 0. The van der Waals surface area contributed by atoms with Crippen LogP contribution in [0.5, 0.6) is 0 Å². The summed E-state index contributed by atoms with van der Waals surface area (Å²) in [4.78, 5) is 0. The molecule has 2 nitrogen and oxygen atoms in total. The molecule has 3 saturated carbocycles. The van der Waals surface area contributed by atoms with E-state index in [0.29, 0.717) is 5.41 Å². The van der Waals surface area contributed by atoms with E-state index in [9.17, 15) is 5.11 Å². The first kappa shape index (κ1) is 20.0. The van der Waals surface area contributed by atoms with Gasteiger partial charge in [0.05, 0.1) is 6.10 Å². The zero-order valence-corrected chi connectivity index (χ0v) is 18.2. The van der Waals surface area contributed by atoms with Crippen molar-refractivity contribution in [3.8, 4) is 0 Å². The number of allylic oxidation sites excluding steroid dienone is 1. The zero-order chi connectivity index (χ0) is 19.4. The van der Waals surface area contributed by atoms with Crippen LogP contribution in [0.1, 0.15) is 91.9 Å². The Balaban J connectivity index is 1.48. The van der Waals surface area contributed by atoms with Gasteiger partial charge in [-0.1, -0.05) is 25.5 Å². The Hall–Kier alpha value is -0.340. The van der Waals surface area contributed by atoms with Crippen LogP contribution in [0.2, 0.25) is 0 Å². The van der Waals surface area contributed by atoms with Gasteiger partial charge in [0.2, 0.25) is 0 Å². The van der Waals surface area contributed by atoms with Crippen molar-refractivity contribution in [2.75, 3.05) is 0 Å². The van der Waals surface area contributed by atoms with E-state index in [2.05, 4.69) is 33.8 Å². The van der Waals surface area contributed by atoms with Crippen molar-refractivity contribution in [1.29, 1.82) is 0 Å². The molecule has 0 aromatic heterocycles. The second-order valence-electron chi connectivity index (χ2n) is 11.7. The highest BCUT2D eigenvalue weighted by molar-refractivity contribution is 5.20. The third-order valence-corrected chi connectivity index (χ3v) is 9.42. The predicted molar refractivity (Wildman–Crippen MR) is 113 cm³/mol. The molecule has 2 heteroatoms. The first-order valence-electron chi connectivity index (χ1n) is 11.8. The van der Waals surface area contributed by atoms with Crippen molar-refractivity contribution in [3.63, 3.8) is 0 Å². The summed E-state index contributed by atoms with van der Waals surface area (Å²) in [5.41, 5.74) is 8.43. The van der Waals surface area contributed by atoms with Crippen LogP contribution in [0.3, 0.4) is 0 Å². The van der Waals surface area contributed by atoms with Gasteiger partial charge in [0.15, 0.2) is 0 Å². The molecule has 154 valence electrons. The summed E-state index contributed by atoms with van der Waals surface area (Å²) in [6.07, 6.45) is 15.2. The lowest BCUT2D eigenvalue weighted by atomic mass is 9.51. The van der Waals surface area contributed by atoms with Gasteiger partial charge in [-0.15, -0.1) is 0 Å². The minimum absolute atomic E-state index is 0.0268. The van der Waals surface area contributed by atoms with Gasteiger partial charge in [0.1, 0.15) is 0 Å². The quantitative estimate of drug-likeness (QED) is 0.622. The molecule has 4 aliphatic carbocycles. The molecule has 0 saturated heterocycles. The van der Waals surface area contributed by atoms with Crippen LogP contribution in [0.4, 0.5) is 0 Å². The summed E-state index contributed by atoms with van der Waals surface area (Å²) in [7, 11) is 0. The third-order valence-electron chi connectivity index (χ3n) is 9.42. The number of hydrogen-bond acceptors (Lipinski definition) is 2. The lowest BCUT2D eigenvalue weighted by molar-refractivity contribution is -0.0297. The van der Waals surface area contributed by atoms with E-state index in [0.717, 1.165) is 54.8 Å². The van der Waals surface area contributed by atoms with Gasteiger partial charge in [-0.2, -0.15) is 0 Å². The molecule has 0 amide bonds. The molecule has 3 N–H and O–H groups in total. The topological polar surface area (TPSA) is 46.2 Å². The second-order valence-corrected chi connectivity index (χ2v) is 11.7. The van der Waals surface area contributed by atoms with E-state index in [-0.39, 0.29) is 11.6 Å². The molecule has 0 aromatic rings. The molecular weight excluding hydrogens is 330 g/mol. The highest BCUT2D eigenvalue weighted by Crippen LogP contribution is 2.64. The van der Waals surface area contributed by atoms with Crippen LogP contribution in [0.15, 0.2) is 11.6 Å². The first-order chi connectivity index (χ1) is 12.7. The standard InChI is InChI=1S/C25H43NO/c1-16(11-13-24(2,3)26)22-9-10-23-21-7-5-17-15-18(27)6-8-19(17)20(21)12-14-25(22,23)4/h5,16,18-23,27H,6-15,26H2,1-4H3/t16-,18+,19+,20-,21-,22-,23+,25-/m1/s1. The number of hydrogen-bond donors (Lipinski definition) is 2. The maximum absolute atomic E-state index is 10.1. The van der Waals surface area contributed by atoms with Crippen molar-refractivity contribution in [1.82, 2.24) is 0 Å². The first-order valence-corrected chi connectivity index (χ1v) is 11.8. The van der Waals surface area contributed by atoms with E-state index >= 15 is 0 Å². The largest absolute Gasteiger partial charge is 0.393 e. The fourth-order valence-corrected chi connectivity index (χ4v) is 8.03. The maximum Gasteiger partial charge on any atom is 0.0577 e. The number of nitrogens with two attached hydrogens (primary N) is 1. The van der Waals surface area contributed by atoms with Crippen LogP contribution >= 0.6 is 0 Å². The average Bonchev–Trinajstić information content (AvgIpc) is 2.96. The molecule has 4 aliphatic rings. The molecular formula is C25H43NO. The Labute approximate surface area is 167 Å². The molecule has 0 unspecified atom stereocenters. The van der Waals surface area contributed by atoms with Gasteiger partial charge >= 0.3 is 0 Å². The second kappa shape index (κ2) is 7.17. The lowest BCUT2D eigenvalue weighted by Crippen LogP contribution is -2.47. The monoisotopic (exact) mass is 373 g/mol. The Morgan fingerprint density at radius 2 is 1.96 bits per heavy atom. The van der Waals surface area contributed by atoms with Gasteiger partial charge in [0, 0.05) is 5.54 Å². The zero-order valence-electron chi connectivity index (χ0n) is 18.2. The van der Waals surface area contributed by atoms with E-state index in [4.69, 9.17) is 5.73 Å². The highest BCUT2D eigenvalue weighted by atomic mass is 16.3. The van der Waals surface area contributed by atoms with Gasteiger partial charge in [-0.05, 0) is 119 Å². The number of rotatable bonds is 4. The number of aliphatic hydroxyl groups excluding tert-OH is 1. The van der Waals surface area contributed by atoms with Crippen molar-refractivity contribution in [2.24, 2.45) is 46.7 Å². The molecule has 0 bridgehead atoms. The van der Waals surface area contributed by atoms with Crippen LogP contribution in [-0.2, 0) is 0 Å². The lowest BCUT2D eigenvalue weighted by Gasteiger charge is -2.54. The smallest absolute Gasteiger partial charge is 0.0577 e. The summed E-state index contributed by atoms with van der Waals surface area (Å²) in [5.74, 6) is 5.25. The molecule has 4 rings (SSSR count). The normalized spacial score (nSPS) is 45.5. The van der Waals surface area contributed by atoms with Crippen molar-refractivity contribution in [3.05, 3.63) is 11.6 Å². The van der Waals surface area contributed by atoms with Crippen molar-refractivity contribution < 1.29 is 5.11 Å². The summed E-state index contributed by atoms with van der Waals surface area (Å²) < 4.78 is 0. The van der Waals surface area contributed by atoms with Crippen LogP contribution < -0.4 is 5.73 Å². The highest BCUT2D eigenvalue weighted by Gasteiger charge is 2.56. The average molecular weight is 374 g/mol. The van der Waals surface area contributed by atoms with Gasteiger partial charge in [0.25, 0.3) is 0 Å². The van der Waals surface area contributed by atoms with Crippen molar-refractivity contribution in [2.45, 2.75) is 104 Å². The van der Waals surface area contributed by atoms with E-state index < -0.39 is 0 Å². The Kier molecular flexibility index (Phi) is 5.30. The van der Waals surface area contributed by atoms with E-state index in [1.54, 1.807) is 5.57 Å². The molecule has 8 atom stereocenters. The van der Waals surface area contributed by atoms with Gasteiger partial charge in [-0.25, -0.2) is 0 Å². The summed E-state index contributed by atoms with van der Waals surface area (Å²) in [6, 6.07) is 0. The Bertz CT molecular complexity index is 575. The van der Waals surface area contributed by atoms with Crippen LogP contribution in [0.25, 0.3) is 0 Å².